The van der Waals surface area contributed by atoms with Crippen molar-refractivity contribution < 1.29 is 13.2 Å². The van der Waals surface area contributed by atoms with Gasteiger partial charge in [0.25, 0.3) is 0 Å². The molecule has 1 heterocycles. The van der Waals surface area contributed by atoms with E-state index >= 15 is 0 Å². The van der Waals surface area contributed by atoms with E-state index in [4.69, 9.17) is 5.14 Å². The maximum absolute atomic E-state index is 12.2. The van der Waals surface area contributed by atoms with E-state index in [0.717, 1.165) is 19.5 Å². The molecule has 1 aromatic carbocycles. The summed E-state index contributed by atoms with van der Waals surface area (Å²) >= 11 is 0. The lowest BCUT2D eigenvalue weighted by Gasteiger charge is -2.34. The number of sulfonamides is 1. The summed E-state index contributed by atoms with van der Waals surface area (Å²) in [5.41, 5.74) is 0.554. The molecule has 0 saturated carbocycles. The lowest BCUT2D eigenvalue weighted by Crippen LogP contribution is -2.44. The van der Waals surface area contributed by atoms with E-state index in [1.54, 1.807) is 4.90 Å². The molecule has 1 aliphatic heterocycles. The summed E-state index contributed by atoms with van der Waals surface area (Å²) in [5.74, 6) is 0.980. The van der Waals surface area contributed by atoms with Crippen molar-refractivity contribution >= 4 is 21.7 Å². The smallest absolute Gasteiger partial charge is 0.321 e. The Labute approximate surface area is 125 Å². The third kappa shape index (κ3) is 4.18. The van der Waals surface area contributed by atoms with Gasteiger partial charge in [0.15, 0.2) is 0 Å². The van der Waals surface area contributed by atoms with Crippen molar-refractivity contribution in [1.29, 1.82) is 0 Å². The van der Waals surface area contributed by atoms with Gasteiger partial charge in [-0.2, -0.15) is 0 Å². The van der Waals surface area contributed by atoms with E-state index in [2.05, 4.69) is 19.2 Å². The van der Waals surface area contributed by atoms with E-state index in [1.807, 2.05) is 0 Å². The number of primary sulfonamides is 1. The first-order valence-electron chi connectivity index (χ1n) is 6.94. The molecular weight excluding hydrogens is 290 g/mol. The normalized spacial score (nSPS) is 22.9. The van der Waals surface area contributed by atoms with Crippen LogP contribution >= 0.6 is 0 Å². The molecule has 21 heavy (non-hydrogen) atoms. The molecule has 0 radical (unpaired) electrons. The number of nitrogens with zero attached hydrogens (tertiary/aromatic N) is 1. The van der Waals surface area contributed by atoms with Crippen molar-refractivity contribution in [2.45, 2.75) is 25.2 Å². The molecule has 1 fully saturated rings. The van der Waals surface area contributed by atoms with Crippen molar-refractivity contribution in [2.24, 2.45) is 17.0 Å². The maximum Gasteiger partial charge on any atom is 0.321 e. The summed E-state index contributed by atoms with van der Waals surface area (Å²) in [7, 11) is -3.71. The third-order valence-electron chi connectivity index (χ3n) is 3.59. The van der Waals surface area contributed by atoms with Crippen LogP contribution in [-0.4, -0.2) is 32.4 Å². The highest BCUT2D eigenvalue weighted by molar-refractivity contribution is 7.89. The van der Waals surface area contributed by atoms with Crippen molar-refractivity contribution in [1.82, 2.24) is 4.90 Å². The summed E-state index contributed by atoms with van der Waals surface area (Å²) in [6.45, 7) is 5.75. The number of benzene rings is 1. The van der Waals surface area contributed by atoms with Crippen molar-refractivity contribution in [3.8, 4) is 0 Å². The number of hydrogen-bond donors (Lipinski definition) is 2. The lowest BCUT2D eigenvalue weighted by atomic mass is 9.92. The predicted octanol–water partition coefficient (Wildman–Crippen LogP) is 1.84. The van der Waals surface area contributed by atoms with Crippen LogP contribution in [0.1, 0.15) is 20.3 Å². The van der Waals surface area contributed by atoms with Crippen LogP contribution in [0.4, 0.5) is 10.5 Å². The molecule has 2 unspecified atom stereocenters. The number of nitrogens with two attached hydrogens (primary N) is 1. The second-order valence-electron chi connectivity index (χ2n) is 5.85. The number of anilines is 1. The van der Waals surface area contributed by atoms with Crippen LogP contribution < -0.4 is 10.5 Å². The van der Waals surface area contributed by atoms with E-state index in [0.29, 0.717) is 17.5 Å². The molecule has 3 N–H and O–H groups in total. The zero-order valence-corrected chi connectivity index (χ0v) is 13.1. The second kappa shape index (κ2) is 6.03. The lowest BCUT2D eigenvalue weighted by molar-refractivity contribution is 0.156. The number of likely N-dealkylation sites (tertiary alicyclic amines) is 1. The highest BCUT2D eigenvalue weighted by Gasteiger charge is 2.25. The van der Waals surface area contributed by atoms with Gasteiger partial charge in [-0.3, -0.25) is 0 Å². The van der Waals surface area contributed by atoms with E-state index in [-0.39, 0.29) is 10.9 Å². The first-order valence-corrected chi connectivity index (χ1v) is 8.49. The van der Waals surface area contributed by atoms with Gasteiger partial charge < -0.3 is 10.2 Å². The predicted molar refractivity (Wildman–Crippen MR) is 81.4 cm³/mol. The van der Waals surface area contributed by atoms with Gasteiger partial charge in [0, 0.05) is 18.8 Å². The van der Waals surface area contributed by atoms with Gasteiger partial charge >= 0.3 is 6.03 Å². The minimum absolute atomic E-state index is 0.0284. The largest absolute Gasteiger partial charge is 0.324 e. The topological polar surface area (TPSA) is 92.5 Å². The van der Waals surface area contributed by atoms with E-state index < -0.39 is 10.0 Å². The fourth-order valence-electron chi connectivity index (χ4n) is 2.76. The summed E-state index contributed by atoms with van der Waals surface area (Å²) < 4.78 is 22.3. The van der Waals surface area contributed by atoms with Crippen LogP contribution in [0, 0.1) is 11.8 Å². The Balaban J connectivity index is 2.03. The van der Waals surface area contributed by atoms with Crippen molar-refractivity contribution in [3.63, 3.8) is 0 Å². The van der Waals surface area contributed by atoms with Crippen LogP contribution in [0.5, 0.6) is 0 Å². The maximum atomic E-state index is 12.2. The SMILES string of the molecule is CC1CC(C)CN(C(=O)Nc2ccc(S(N)(=O)=O)cc2)C1. The Bertz CT molecular complexity index is 603. The number of carbonyl (C=O) groups excluding carboxylic acids is 1. The summed E-state index contributed by atoms with van der Waals surface area (Å²) in [4.78, 5) is 14.0. The molecule has 1 aliphatic rings. The molecule has 2 rings (SSSR count). The zero-order chi connectivity index (χ0) is 15.6. The van der Waals surface area contributed by atoms with Gasteiger partial charge in [0.2, 0.25) is 10.0 Å². The molecule has 116 valence electrons. The fourth-order valence-corrected chi connectivity index (χ4v) is 3.27. The number of amides is 2. The second-order valence-corrected chi connectivity index (χ2v) is 7.41. The van der Waals surface area contributed by atoms with Gasteiger partial charge in [-0.15, -0.1) is 0 Å². The van der Waals surface area contributed by atoms with Crippen molar-refractivity contribution in [3.05, 3.63) is 24.3 Å². The Morgan fingerprint density at radius 2 is 1.71 bits per heavy atom. The number of nitrogens with one attached hydrogen (secondary N) is 1. The zero-order valence-electron chi connectivity index (χ0n) is 12.2. The van der Waals surface area contributed by atoms with E-state index in [1.165, 1.54) is 24.3 Å². The minimum Gasteiger partial charge on any atom is -0.324 e. The molecule has 6 nitrogen and oxygen atoms in total. The highest BCUT2D eigenvalue weighted by atomic mass is 32.2. The molecular formula is C14H21N3O3S. The number of piperidine rings is 1. The average Bonchev–Trinajstić information content (AvgIpc) is 2.37. The summed E-state index contributed by atoms with van der Waals surface area (Å²) in [6, 6.07) is 5.68. The molecule has 2 atom stereocenters. The highest BCUT2D eigenvalue weighted by Crippen LogP contribution is 2.22. The fraction of sp³-hybridized carbons (Fsp3) is 0.500. The third-order valence-corrected chi connectivity index (χ3v) is 4.52. The number of hydrogen-bond acceptors (Lipinski definition) is 3. The standard InChI is InChI=1S/C14H21N3O3S/c1-10-7-11(2)9-17(8-10)14(18)16-12-3-5-13(6-4-12)21(15,19)20/h3-6,10-11H,7-9H2,1-2H3,(H,16,18)(H2,15,19,20). The van der Waals surface area contributed by atoms with Gasteiger partial charge in [0.1, 0.15) is 0 Å². The first kappa shape index (κ1) is 15.8. The van der Waals surface area contributed by atoms with Crippen molar-refractivity contribution in [2.75, 3.05) is 18.4 Å². The summed E-state index contributed by atoms with van der Waals surface area (Å²) in [6.07, 6.45) is 1.13. The Morgan fingerprint density at radius 1 is 1.19 bits per heavy atom. The Kier molecular flexibility index (Phi) is 4.53. The first-order chi connectivity index (χ1) is 9.75. The average molecular weight is 311 g/mol. The molecule has 1 saturated heterocycles. The van der Waals surface area contributed by atoms with Crippen LogP contribution in [0.2, 0.25) is 0 Å². The molecule has 0 aliphatic carbocycles. The number of urea groups is 1. The van der Waals surface area contributed by atoms with Gasteiger partial charge in [-0.1, -0.05) is 13.8 Å². The van der Waals surface area contributed by atoms with Gasteiger partial charge in [-0.25, -0.2) is 18.4 Å². The summed E-state index contributed by atoms with van der Waals surface area (Å²) in [5, 5.41) is 7.81. The molecule has 0 bridgehead atoms. The molecule has 7 heteroatoms. The van der Waals surface area contributed by atoms with Crippen LogP contribution in [-0.2, 0) is 10.0 Å². The molecule has 0 aromatic heterocycles. The molecule has 2 amide bonds. The quantitative estimate of drug-likeness (QED) is 0.873. The minimum atomic E-state index is -3.71. The van der Waals surface area contributed by atoms with Gasteiger partial charge in [0.05, 0.1) is 4.90 Å². The van der Waals surface area contributed by atoms with Crippen LogP contribution in [0.3, 0.4) is 0 Å². The molecule has 1 aromatic rings. The number of rotatable bonds is 2. The van der Waals surface area contributed by atoms with Gasteiger partial charge in [-0.05, 0) is 42.5 Å². The Hall–Kier alpha value is -1.60. The van der Waals surface area contributed by atoms with Crippen LogP contribution in [0.15, 0.2) is 29.2 Å². The van der Waals surface area contributed by atoms with E-state index in [9.17, 15) is 13.2 Å². The monoisotopic (exact) mass is 311 g/mol. The number of carbonyl (C=O) groups is 1. The van der Waals surface area contributed by atoms with Crippen LogP contribution in [0.25, 0.3) is 0 Å². The molecule has 0 spiro atoms. The Morgan fingerprint density at radius 3 is 2.19 bits per heavy atom.